The molecule has 0 amide bonds. The third kappa shape index (κ3) is 3.77. The van der Waals surface area contributed by atoms with Gasteiger partial charge >= 0.3 is 0 Å². The molecule has 1 saturated carbocycles. The molecule has 0 atom stereocenters. The third-order valence-corrected chi connectivity index (χ3v) is 6.88. The fourth-order valence-electron chi connectivity index (χ4n) is 2.23. The fraction of sp³-hybridized carbons (Fsp3) is 0.538. The summed E-state index contributed by atoms with van der Waals surface area (Å²) >= 11 is 0. The van der Waals surface area contributed by atoms with E-state index in [9.17, 15) is 16.8 Å². The summed E-state index contributed by atoms with van der Waals surface area (Å²) in [6.07, 6.45) is 2.01. The number of hydrogen-bond donors (Lipinski definition) is 1. The maximum atomic E-state index is 12.3. The van der Waals surface area contributed by atoms with Crippen molar-refractivity contribution in [2.45, 2.75) is 36.5 Å². The molecule has 0 unspecified atom stereocenters. The van der Waals surface area contributed by atoms with Crippen LogP contribution in [-0.4, -0.2) is 23.4 Å². The van der Waals surface area contributed by atoms with Crippen LogP contribution in [-0.2, 0) is 19.1 Å². The highest BCUT2D eigenvalue weighted by molar-refractivity contribution is 8.13. The molecule has 118 valence electrons. The van der Waals surface area contributed by atoms with Crippen LogP contribution in [0.3, 0.4) is 0 Å². The van der Waals surface area contributed by atoms with Crippen LogP contribution < -0.4 is 4.72 Å². The van der Waals surface area contributed by atoms with Crippen molar-refractivity contribution in [1.82, 2.24) is 4.72 Å². The van der Waals surface area contributed by atoms with Gasteiger partial charge in [-0.1, -0.05) is 19.9 Å². The predicted molar refractivity (Wildman–Crippen MR) is 81.2 cm³/mol. The summed E-state index contributed by atoms with van der Waals surface area (Å²) in [7, 11) is -2.45. The first-order chi connectivity index (χ1) is 9.57. The topological polar surface area (TPSA) is 80.3 Å². The Morgan fingerprint density at radius 3 is 2.24 bits per heavy atom. The van der Waals surface area contributed by atoms with Gasteiger partial charge in [0.1, 0.15) is 0 Å². The van der Waals surface area contributed by atoms with Gasteiger partial charge in [0, 0.05) is 17.2 Å². The second-order valence-electron chi connectivity index (χ2n) is 5.75. The molecule has 1 fully saturated rings. The number of benzene rings is 1. The highest BCUT2D eigenvalue weighted by Crippen LogP contribution is 2.51. The van der Waals surface area contributed by atoms with Gasteiger partial charge in [0.05, 0.1) is 9.79 Å². The van der Waals surface area contributed by atoms with E-state index in [-0.39, 0.29) is 15.2 Å². The fourth-order valence-corrected chi connectivity index (χ4v) is 4.29. The molecule has 0 aliphatic heterocycles. The summed E-state index contributed by atoms with van der Waals surface area (Å²) in [5.41, 5.74) is 0.0310. The molecule has 0 spiro atoms. The van der Waals surface area contributed by atoms with Gasteiger partial charge in [-0.2, -0.15) is 0 Å². The Balaban J connectivity index is 2.21. The zero-order valence-electron chi connectivity index (χ0n) is 11.8. The molecule has 1 aromatic rings. The van der Waals surface area contributed by atoms with Crippen molar-refractivity contribution in [3.63, 3.8) is 0 Å². The van der Waals surface area contributed by atoms with Gasteiger partial charge < -0.3 is 0 Å². The van der Waals surface area contributed by atoms with E-state index in [1.165, 1.54) is 18.2 Å². The molecule has 1 aliphatic rings. The van der Waals surface area contributed by atoms with Crippen LogP contribution in [0.2, 0.25) is 0 Å². The minimum atomic E-state index is -3.95. The molecule has 1 aromatic carbocycles. The first kappa shape index (κ1) is 16.7. The van der Waals surface area contributed by atoms with Crippen LogP contribution in [0, 0.1) is 11.3 Å². The first-order valence-corrected chi connectivity index (χ1v) is 10.4. The molecule has 21 heavy (non-hydrogen) atoms. The van der Waals surface area contributed by atoms with Crippen LogP contribution in [0.4, 0.5) is 0 Å². The van der Waals surface area contributed by atoms with Crippen LogP contribution >= 0.6 is 10.7 Å². The van der Waals surface area contributed by atoms with E-state index in [0.717, 1.165) is 18.9 Å². The summed E-state index contributed by atoms with van der Waals surface area (Å²) in [6, 6.07) is 5.04. The van der Waals surface area contributed by atoms with E-state index in [2.05, 4.69) is 18.6 Å². The highest BCUT2D eigenvalue weighted by atomic mass is 35.7. The lowest BCUT2D eigenvalue weighted by molar-refractivity contribution is 0.357. The number of sulfonamides is 1. The van der Waals surface area contributed by atoms with Gasteiger partial charge in [0.15, 0.2) is 0 Å². The zero-order valence-corrected chi connectivity index (χ0v) is 14.2. The Morgan fingerprint density at radius 2 is 1.76 bits per heavy atom. The van der Waals surface area contributed by atoms with Crippen molar-refractivity contribution >= 4 is 29.8 Å². The van der Waals surface area contributed by atoms with Crippen molar-refractivity contribution in [3.05, 3.63) is 24.3 Å². The maximum absolute atomic E-state index is 12.3. The molecule has 0 heterocycles. The summed E-state index contributed by atoms with van der Waals surface area (Å²) in [6.45, 7) is 4.51. The Bertz CT molecular complexity index is 737. The Hall–Kier alpha value is -0.630. The molecule has 0 saturated heterocycles. The molecule has 0 radical (unpaired) electrons. The number of nitrogens with one attached hydrogen (secondary N) is 1. The van der Waals surface area contributed by atoms with Crippen LogP contribution in [0.15, 0.2) is 34.1 Å². The minimum Gasteiger partial charge on any atom is -0.211 e. The Kier molecular flexibility index (Phi) is 4.41. The lowest BCUT2D eigenvalue weighted by Crippen LogP contribution is -2.32. The lowest BCUT2D eigenvalue weighted by atomic mass is 9.93. The van der Waals surface area contributed by atoms with E-state index in [1.807, 2.05) is 0 Å². The van der Waals surface area contributed by atoms with Gasteiger partial charge in [0.2, 0.25) is 10.0 Å². The highest BCUT2D eigenvalue weighted by Gasteiger charge is 2.45. The van der Waals surface area contributed by atoms with Gasteiger partial charge in [0.25, 0.3) is 9.05 Å². The molecule has 0 aromatic heterocycles. The standard InChI is InChI=1S/C13H18ClNO4S2/c1-10(2)13(6-7-13)9-15-21(18,19)12-5-3-4-11(8-12)20(14,16)17/h3-5,8,10,15H,6-7,9H2,1-2H3. The average molecular weight is 352 g/mol. The number of rotatable bonds is 6. The van der Waals surface area contributed by atoms with Crippen molar-refractivity contribution in [3.8, 4) is 0 Å². The second-order valence-corrected chi connectivity index (χ2v) is 10.1. The van der Waals surface area contributed by atoms with E-state index < -0.39 is 19.1 Å². The van der Waals surface area contributed by atoms with Crippen molar-refractivity contribution < 1.29 is 16.8 Å². The van der Waals surface area contributed by atoms with Crippen LogP contribution in [0.1, 0.15) is 26.7 Å². The van der Waals surface area contributed by atoms with Gasteiger partial charge in [-0.25, -0.2) is 21.6 Å². The monoisotopic (exact) mass is 351 g/mol. The van der Waals surface area contributed by atoms with E-state index >= 15 is 0 Å². The van der Waals surface area contributed by atoms with Crippen LogP contribution in [0.5, 0.6) is 0 Å². The molecule has 1 aliphatic carbocycles. The quantitative estimate of drug-likeness (QED) is 0.797. The SMILES string of the molecule is CC(C)C1(CNS(=O)(=O)c2cccc(S(=O)(=O)Cl)c2)CC1. The molecule has 5 nitrogen and oxygen atoms in total. The second kappa shape index (κ2) is 5.53. The smallest absolute Gasteiger partial charge is 0.211 e. The van der Waals surface area contributed by atoms with Crippen molar-refractivity contribution in [2.24, 2.45) is 11.3 Å². The van der Waals surface area contributed by atoms with Gasteiger partial charge in [-0.3, -0.25) is 0 Å². The molecular formula is C13H18ClNO4S2. The predicted octanol–water partition coefficient (Wildman–Crippen LogP) is 2.33. The lowest BCUT2D eigenvalue weighted by Gasteiger charge is -2.20. The molecule has 2 rings (SSSR count). The van der Waals surface area contributed by atoms with E-state index in [1.54, 1.807) is 0 Å². The molecule has 8 heteroatoms. The summed E-state index contributed by atoms with van der Waals surface area (Å²) < 4.78 is 49.6. The number of halogens is 1. The third-order valence-electron chi connectivity index (χ3n) is 4.13. The maximum Gasteiger partial charge on any atom is 0.261 e. The summed E-state index contributed by atoms with van der Waals surface area (Å²) in [5.74, 6) is 0.398. The van der Waals surface area contributed by atoms with Gasteiger partial charge in [-0.05, 0) is 42.4 Å². The molecule has 1 N–H and O–H groups in total. The van der Waals surface area contributed by atoms with E-state index in [4.69, 9.17) is 10.7 Å². The largest absolute Gasteiger partial charge is 0.261 e. The minimum absolute atomic E-state index is 0.0310. The first-order valence-electron chi connectivity index (χ1n) is 6.61. The Morgan fingerprint density at radius 1 is 1.19 bits per heavy atom. The van der Waals surface area contributed by atoms with Crippen molar-refractivity contribution in [2.75, 3.05) is 6.54 Å². The Labute approximate surface area is 130 Å². The number of hydrogen-bond acceptors (Lipinski definition) is 4. The molecular weight excluding hydrogens is 334 g/mol. The van der Waals surface area contributed by atoms with Crippen LogP contribution in [0.25, 0.3) is 0 Å². The van der Waals surface area contributed by atoms with Crippen molar-refractivity contribution in [1.29, 1.82) is 0 Å². The summed E-state index contributed by atoms with van der Waals surface area (Å²) in [5, 5.41) is 0. The average Bonchev–Trinajstić information content (AvgIpc) is 3.17. The molecule has 0 bridgehead atoms. The van der Waals surface area contributed by atoms with Gasteiger partial charge in [-0.15, -0.1) is 0 Å². The zero-order chi connectivity index (χ0) is 15.9. The normalized spacial score (nSPS) is 17.9. The van der Waals surface area contributed by atoms with E-state index in [0.29, 0.717) is 12.5 Å². The summed E-state index contributed by atoms with van der Waals surface area (Å²) in [4.78, 5) is -0.319.